The Hall–Kier alpha value is -5.46. The first-order chi connectivity index (χ1) is 27.0. The predicted molar refractivity (Wildman–Crippen MR) is 203 cm³/mol. The normalized spacial score (nSPS) is 17.6. The molecule has 1 fully saturated rings. The molecule has 1 aliphatic rings. The van der Waals surface area contributed by atoms with Gasteiger partial charge in [0.2, 0.25) is 5.82 Å². The second kappa shape index (κ2) is 16.7. The van der Waals surface area contributed by atoms with Crippen LogP contribution in [0.2, 0.25) is 0 Å². The van der Waals surface area contributed by atoms with E-state index in [4.69, 9.17) is 9.47 Å². The van der Waals surface area contributed by atoms with E-state index in [0.717, 1.165) is 22.3 Å². The van der Waals surface area contributed by atoms with Crippen molar-refractivity contribution in [2.75, 3.05) is 13.6 Å². The second-order valence-corrected chi connectivity index (χ2v) is 14.0. The average Bonchev–Trinajstić information content (AvgIpc) is 3.24. The molecule has 0 saturated carbocycles. The van der Waals surface area contributed by atoms with Crippen LogP contribution in [0.15, 0.2) is 115 Å². The molecule has 1 saturated heterocycles. The van der Waals surface area contributed by atoms with Gasteiger partial charge in [-0.15, -0.1) is 0 Å². The Morgan fingerprint density at radius 1 is 0.768 bits per heavy atom. The zero-order chi connectivity index (χ0) is 39.5. The average molecular weight is 767 g/mol. The molecule has 1 aliphatic heterocycles. The summed E-state index contributed by atoms with van der Waals surface area (Å²) in [6, 6.07) is 37.0. The van der Waals surface area contributed by atoms with Crippen LogP contribution in [0.3, 0.4) is 0 Å². The molecule has 0 radical (unpaired) electrons. The number of fused-ring (bicyclic) bond motifs is 1. The zero-order valence-electron chi connectivity index (χ0n) is 30.6. The molecule has 11 heteroatoms. The molecule has 0 spiro atoms. The van der Waals surface area contributed by atoms with Gasteiger partial charge in [-0.3, -0.25) is 9.69 Å². The molecule has 6 nitrogen and oxygen atoms in total. The minimum absolute atomic E-state index is 0.0647. The van der Waals surface area contributed by atoms with E-state index in [0.29, 0.717) is 24.1 Å². The first-order valence-corrected chi connectivity index (χ1v) is 18.2. The van der Waals surface area contributed by atoms with E-state index in [1.54, 1.807) is 24.3 Å². The van der Waals surface area contributed by atoms with Crippen molar-refractivity contribution >= 4 is 16.7 Å². The Bertz CT molecular complexity index is 2330. The number of nitrogens with one attached hydrogen (secondary N) is 1. The van der Waals surface area contributed by atoms with Crippen molar-refractivity contribution in [3.63, 3.8) is 0 Å². The fourth-order valence-corrected chi connectivity index (χ4v) is 7.08. The summed E-state index contributed by atoms with van der Waals surface area (Å²) in [6.45, 7) is 2.48. The minimum Gasteiger partial charge on any atom is -0.392 e. The summed E-state index contributed by atoms with van der Waals surface area (Å²) in [5.41, 5.74) is 4.11. The van der Waals surface area contributed by atoms with Gasteiger partial charge in [0.15, 0.2) is 29.6 Å². The van der Waals surface area contributed by atoms with Crippen molar-refractivity contribution in [1.29, 1.82) is 0 Å². The van der Waals surface area contributed by atoms with E-state index in [1.807, 2.05) is 60.7 Å². The standard InChI is InChI=1S/C45H39F5N2O4/c1-26(32-20-15-28-7-3-4-8-33(28)21-32)52(2)24-35-22-37(30-13-11-27(25-53)12-14-30)56-45(55-35)31-18-16-29(17-19-31)36-10-6-5-9-34(36)23-51-44(54)38-39(46)41(48)43(50)42(49)40(38)47/h3-21,26,35,37,45,53H,22-25H2,1-2H3,(H,51,54)/t26-,35+,37-,45-/m1/s1. The Morgan fingerprint density at radius 2 is 1.39 bits per heavy atom. The number of halogens is 5. The molecule has 1 heterocycles. The summed E-state index contributed by atoms with van der Waals surface area (Å²) >= 11 is 0. The van der Waals surface area contributed by atoms with E-state index in [9.17, 15) is 31.9 Å². The molecule has 6 aromatic rings. The highest BCUT2D eigenvalue weighted by molar-refractivity contribution is 5.95. The monoisotopic (exact) mass is 766 g/mol. The van der Waals surface area contributed by atoms with Crippen LogP contribution in [0, 0.1) is 29.1 Å². The molecule has 288 valence electrons. The smallest absolute Gasteiger partial charge is 0.257 e. The number of nitrogens with zero attached hydrogens (tertiary/aromatic N) is 1. The number of rotatable bonds is 11. The van der Waals surface area contributed by atoms with E-state index in [2.05, 4.69) is 54.5 Å². The Balaban J connectivity index is 1.09. The summed E-state index contributed by atoms with van der Waals surface area (Å²) in [6.07, 6.45) is -0.611. The number of aliphatic hydroxyl groups is 1. The van der Waals surface area contributed by atoms with E-state index in [1.165, 1.54) is 16.3 Å². The quantitative estimate of drug-likeness (QED) is 0.0781. The van der Waals surface area contributed by atoms with Crippen LogP contribution >= 0.6 is 0 Å². The Labute approximate surface area is 321 Å². The first-order valence-electron chi connectivity index (χ1n) is 18.2. The van der Waals surface area contributed by atoms with Crippen LogP contribution in [0.1, 0.15) is 70.0 Å². The summed E-state index contributed by atoms with van der Waals surface area (Å²) in [5, 5.41) is 14.3. The lowest BCUT2D eigenvalue weighted by Gasteiger charge is -2.39. The summed E-state index contributed by atoms with van der Waals surface area (Å²) in [4.78, 5) is 14.9. The molecule has 6 aromatic carbocycles. The van der Waals surface area contributed by atoms with Gasteiger partial charge < -0.3 is 19.9 Å². The number of likely N-dealkylation sites (N-methyl/N-ethyl adjacent to an activating group) is 1. The van der Waals surface area contributed by atoms with Crippen LogP contribution < -0.4 is 5.32 Å². The van der Waals surface area contributed by atoms with Crippen molar-refractivity contribution in [3.8, 4) is 11.1 Å². The number of benzene rings is 6. The number of carbonyl (C=O) groups excluding carboxylic acids is 1. The highest BCUT2D eigenvalue weighted by atomic mass is 19.2. The number of aliphatic hydroxyl groups excluding tert-OH is 1. The number of carbonyl (C=O) groups is 1. The lowest BCUT2D eigenvalue weighted by molar-refractivity contribution is -0.253. The molecular weight excluding hydrogens is 727 g/mol. The number of amides is 1. The van der Waals surface area contributed by atoms with Crippen LogP contribution in [0.5, 0.6) is 0 Å². The van der Waals surface area contributed by atoms with Crippen molar-refractivity contribution in [1.82, 2.24) is 10.2 Å². The fourth-order valence-electron chi connectivity index (χ4n) is 7.08. The van der Waals surface area contributed by atoms with Gasteiger partial charge in [-0.05, 0) is 64.2 Å². The first kappa shape index (κ1) is 38.8. The molecule has 2 N–H and O–H groups in total. The van der Waals surface area contributed by atoms with Gasteiger partial charge in [-0.25, -0.2) is 22.0 Å². The van der Waals surface area contributed by atoms with Crippen LogP contribution in [0.4, 0.5) is 22.0 Å². The zero-order valence-corrected chi connectivity index (χ0v) is 30.6. The van der Waals surface area contributed by atoms with Gasteiger partial charge in [-0.2, -0.15) is 0 Å². The van der Waals surface area contributed by atoms with Crippen molar-refractivity contribution in [2.45, 2.75) is 51.0 Å². The Kier molecular flexibility index (Phi) is 11.6. The van der Waals surface area contributed by atoms with Crippen molar-refractivity contribution < 1.29 is 41.3 Å². The maximum absolute atomic E-state index is 14.3. The third-order valence-corrected chi connectivity index (χ3v) is 10.4. The fraction of sp³-hybridized carbons (Fsp3) is 0.222. The van der Waals surface area contributed by atoms with Gasteiger partial charge in [0.1, 0.15) is 5.56 Å². The SMILES string of the molecule is C[C@H](c1ccc2ccccc2c1)N(C)C[C@@H]1C[C@H](c2ccc(CO)cc2)O[C@H](c2ccc(-c3ccccc3CNC(=O)c3c(F)c(F)c(F)c(F)c3F)cc2)O1. The molecule has 0 unspecified atom stereocenters. The predicted octanol–water partition coefficient (Wildman–Crippen LogP) is 9.86. The number of hydrogen-bond donors (Lipinski definition) is 2. The molecule has 7 rings (SSSR count). The van der Waals surface area contributed by atoms with Crippen LogP contribution in [-0.2, 0) is 22.6 Å². The molecule has 56 heavy (non-hydrogen) atoms. The minimum atomic E-state index is -2.34. The van der Waals surface area contributed by atoms with Gasteiger partial charge in [0.05, 0.1) is 18.8 Å². The lowest BCUT2D eigenvalue weighted by Crippen LogP contribution is -2.38. The third-order valence-electron chi connectivity index (χ3n) is 10.4. The maximum Gasteiger partial charge on any atom is 0.257 e. The molecule has 0 aliphatic carbocycles. The van der Waals surface area contributed by atoms with E-state index >= 15 is 0 Å². The van der Waals surface area contributed by atoms with Crippen LogP contribution in [0.25, 0.3) is 21.9 Å². The second-order valence-electron chi connectivity index (χ2n) is 14.0. The molecule has 0 aromatic heterocycles. The van der Waals surface area contributed by atoms with Crippen molar-refractivity contribution in [3.05, 3.63) is 178 Å². The van der Waals surface area contributed by atoms with Crippen molar-refractivity contribution in [2.24, 2.45) is 0 Å². The van der Waals surface area contributed by atoms with Crippen LogP contribution in [-0.4, -0.2) is 35.6 Å². The third kappa shape index (κ3) is 8.08. The van der Waals surface area contributed by atoms with Gasteiger partial charge in [0, 0.05) is 31.1 Å². The number of ether oxygens (including phenoxy) is 2. The van der Waals surface area contributed by atoms with Gasteiger partial charge >= 0.3 is 0 Å². The van der Waals surface area contributed by atoms with E-state index < -0.39 is 46.8 Å². The highest BCUT2D eigenvalue weighted by Gasteiger charge is 2.34. The van der Waals surface area contributed by atoms with E-state index in [-0.39, 0.29) is 31.4 Å². The topological polar surface area (TPSA) is 71.0 Å². The summed E-state index contributed by atoms with van der Waals surface area (Å²) in [7, 11) is 2.08. The van der Waals surface area contributed by atoms with Gasteiger partial charge in [0.25, 0.3) is 5.91 Å². The Morgan fingerprint density at radius 3 is 2.09 bits per heavy atom. The van der Waals surface area contributed by atoms with Gasteiger partial charge in [-0.1, -0.05) is 109 Å². The molecule has 4 atom stereocenters. The molecular formula is C45H39F5N2O4. The highest BCUT2D eigenvalue weighted by Crippen LogP contribution is 2.39. The number of hydrogen-bond acceptors (Lipinski definition) is 5. The maximum atomic E-state index is 14.3. The summed E-state index contributed by atoms with van der Waals surface area (Å²) in [5.74, 6) is -12.6. The molecule has 1 amide bonds. The largest absolute Gasteiger partial charge is 0.392 e. The molecule has 0 bridgehead atoms. The lowest BCUT2D eigenvalue weighted by atomic mass is 9.97. The summed E-state index contributed by atoms with van der Waals surface area (Å²) < 4.78 is 82.8.